The van der Waals surface area contributed by atoms with Gasteiger partial charge in [-0.05, 0) is 44.1 Å². The molecular formula is C13H23BFN2O3. The summed E-state index contributed by atoms with van der Waals surface area (Å²) >= 11 is 0. The average molecular weight is 285 g/mol. The fourth-order valence-electron chi connectivity index (χ4n) is 4.24. The van der Waals surface area contributed by atoms with Gasteiger partial charge in [-0.25, -0.2) is 4.39 Å². The van der Waals surface area contributed by atoms with Gasteiger partial charge in [0.15, 0.2) is 0 Å². The van der Waals surface area contributed by atoms with E-state index >= 15 is 0 Å². The zero-order valence-corrected chi connectivity index (χ0v) is 11.8. The Morgan fingerprint density at radius 2 is 2.30 bits per heavy atom. The third kappa shape index (κ3) is 2.47. The molecule has 0 amide bonds. The van der Waals surface area contributed by atoms with Gasteiger partial charge < -0.3 is 21.2 Å². The second-order valence-corrected chi connectivity index (χ2v) is 6.18. The minimum Gasteiger partial charge on any atom is -0.480 e. The second kappa shape index (κ2) is 5.99. The molecule has 1 radical (unpaired) electrons. The first-order chi connectivity index (χ1) is 9.45. The minimum absolute atomic E-state index is 0.0339. The first kappa shape index (κ1) is 15.7. The van der Waals surface area contributed by atoms with E-state index in [1.807, 2.05) is 0 Å². The number of halogens is 1. The predicted molar refractivity (Wildman–Crippen MR) is 74.0 cm³/mol. The molecule has 0 heterocycles. The minimum atomic E-state index is -1.33. The molecule has 0 bridgehead atoms. The summed E-state index contributed by atoms with van der Waals surface area (Å²) in [5, 5.41) is 21.2. The molecule has 2 fully saturated rings. The number of carbonyl (C=O) groups is 1. The van der Waals surface area contributed by atoms with Crippen molar-refractivity contribution >= 4 is 13.5 Å². The van der Waals surface area contributed by atoms with Gasteiger partial charge >= 0.3 is 5.97 Å². The van der Waals surface area contributed by atoms with Crippen LogP contribution in [0.3, 0.4) is 0 Å². The fourth-order valence-corrected chi connectivity index (χ4v) is 4.24. The molecular weight excluding hydrogens is 262 g/mol. The monoisotopic (exact) mass is 285 g/mol. The normalized spacial score (nSPS) is 43.5. The van der Waals surface area contributed by atoms with Crippen molar-refractivity contribution in [2.24, 2.45) is 23.5 Å². The van der Waals surface area contributed by atoms with E-state index in [9.17, 15) is 14.3 Å². The second-order valence-electron chi connectivity index (χ2n) is 6.18. The van der Waals surface area contributed by atoms with Crippen LogP contribution in [-0.4, -0.2) is 48.4 Å². The summed E-state index contributed by atoms with van der Waals surface area (Å²) in [5.74, 6) is -1.64. The van der Waals surface area contributed by atoms with Crippen molar-refractivity contribution in [3.05, 3.63) is 0 Å². The summed E-state index contributed by atoms with van der Waals surface area (Å²) in [7, 11) is 2.80. The number of hydrogen-bond donors (Lipinski definition) is 4. The third-order valence-corrected chi connectivity index (χ3v) is 5.20. The molecule has 2 saturated carbocycles. The van der Waals surface area contributed by atoms with Gasteiger partial charge in [0.2, 0.25) is 0 Å². The summed E-state index contributed by atoms with van der Waals surface area (Å²) in [5.41, 5.74) is 4.78. The molecule has 5 N–H and O–H groups in total. The third-order valence-electron chi connectivity index (χ3n) is 5.20. The van der Waals surface area contributed by atoms with Crippen molar-refractivity contribution in [1.29, 1.82) is 0 Å². The lowest BCUT2D eigenvalue weighted by atomic mass is 9.76. The summed E-state index contributed by atoms with van der Waals surface area (Å²) in [4.78, 5) is 11.5. The molecule has 0 spiro atoms. The number of aliphatic carboxylic acids is 1. The van der Waals surface area contributed by atoms with E-state index in [1.165, 1.54) is 0 Å². The summed E-state index contributed by atoms with van der Waals surface area (Å²) in [6, 6.07) is -0.199. The summed E-state index contributed by atoms with van der Waals surface area (Å²) in [6.45, 7) is 0. The largest absolute Gasteiger partial charge is 0.480 e. The maximum absolute atomic E-state index is 14.5. The van der Waals surface area contributed by atoms with Crippen LogP contribution in [0.15, 0.2) is 0 Å². The van der Waals surface area contributed by atoms with Crippen molar-refractivity contribution in [3.8, 4) is 0 Å². The van der Waals surface area contributed by atoms with E-state index in [1.54, 1.807) is 7.05 Å². The molecule has 7 heteroatoms. The number of carboxylic acid groups (broad SMARTS) is 1. The Morgan fingerprint density at radius 3 is 2.85 bits per heavy atom. The van der Waals surface area contributed by atoms with Gasteiger partial charge in [-0.3, -0.25) is 4.79 Å². The lowest BCUT2D eigenvalue weighted by Gasteiger charge is -2.32. The number of nitrogens with one attached hydrogen (secondary N) is 1. The van der Waals surface area contributed by atoms with E-state index in [0.29, 0.717) is 32.0 Å². The van der Waals surface area contributed by atoms with Crippen LogP contribution >= 0.6 is 0 Å². The summed E-state index contributed by atoms with van der Waals surface area (Å²) < 4.78 is 14.5. The Labute approximate surface area is 119 Å². The van der Waals surface area contributed by atoms with E-state index in [0.717, 1.165) is 7.48 Å². The Morgan fingerprint density at radius 1 is 1.60 bits per heavy atom. The van der Waals surface area contributed by atoms with E-state index in [2.05, 4.69) is 5.32 Å². The van der Waals surface area contributed by atoms with Crippen molar-refractivity contribution < 1.29 is 19.3 Å². The number of hydrogen-bond acceptors (Lipinski definition) is 4. The number of fused-ring (bicyclic) bond motifs is 1. The van der Waals surface area contributed by atoms with Crippen LogP contribution in [0.1, 0.15) is 25.7 Å². The molecule has 2 rings (SSSR count). The van der Waals surface area contributed by atoms with Gasteiger partial charge in [0.05, 0.1) is 0 Å². The molecule has 0 unspecified atom stereocenters. The first-order valence-corrected chi connectivity index (χ1v) is 7.25. The van der Waals surface area contributed by atoms with Crippen molar-refractivity contribution in [3.63, 3.8) is 0 Å². The van der Waals surface area contributed by atoms with Crippen molar-refractivity contribution in [2.45, 2.75) is 49.8 Å². The number of rotatable bonds is 6. The standard InChI is InChI=1S/C13H23BFN2O3/c1-17-9-5-7-6-13(16,12(18)19)8(3-2-4-14-20)10(7)11(9)15/h7-11,17,20H,2-6,16H2,1H3,(H,18,19)/t7-,8+,9+,10-,11+,13+/m1/s1. The van der Waals surface area contributed by atoms with Gasteiger partial charge in [0.25, 0.3) is 7.48 Å². The Kier molecular flexibility index (Phi) is 4.71. The molecule has 0 saturated heterocycles. The van der Waals surface area contributed by atoms with Crippen molar-refractivity contribution in [1.82, 2.24) is 5.32 Å². The van der Waals surface area contributed by atoms with Crippen LogP contribution in [0.5, 0.6) is 0 Å². The fraction of sp³-hybridized carbons (Fsp3) is 0.923. The van der Waals surface area contributed by atoms with Crippen LogP contribution in [0.25, 0.3) is 0 Å². The molecule has 20 heavy (non-hydrogen) atoms. The number of alkyl halides is 1. The molecule has 113 valence electrons. The maximum atomic E-state index is 14.5. The Hall–Kier alpha value is -0.655. The molecule has 0 aromatic heterocycles. The summed E-state index contributed by atoms with van der Waals surface area (Å²) in [6.07, 6.45) is 1.61. The molecule has 2 aliphatic carbocycles. The quantitative estimate of drug-likeness (QED) is 0.412. The molecule has 2 aliphatic rings. The van der Waals surface area contributed by atoms with Gasteiger partial charge in [-0.15, -0.1) is 0 Å². The van der Waals surface area contributed by atoms with Crippen LogP contribution in [0.4, 0.5) is 4.39 Å². The highest BCUT2D eigenvalue weighted by Gasteiger charge is 2.61. The highest BCUT2D eigenvalue weighted by molar-refractivity contribution is 6.25. The molecule has 0 aromatic carbocycles. The van der Waals surface area contributed by atoms with E-state index in [4.69, 9.17) is 10.8 Å². The van der Waals surface area contributed by atoms with Gasteiger partial charge in [-0.2, -0.15) is 0 Å². The predicted octanol–water partition coefficient (Wildman–Crippen LogP) is 0.161. The molecule has 6 atom stereocenters. The molecule has 5 nitrogen and oxygen atoms in total. The van der Waals surface area contributed by atoms with Crippen LogP contribution in [-0.2, 0) is 4.79 Å². The van der Waals surface area contributed by atoms with Gasteiger partial charge in [0.1, 0.15) is 11.7 Å². The first-order valence-electron chi connectivity index (χ1n) is 7.25. The van der Waals surface area contributed by atoms with Crippen LogP contribution in [0, 0.1) is 17.8 Å². The highest BCUT2D eigenvalue weighted by Crippen LogP contribution is 2.54. The Bertz CT molecular complexity index is 374. The number of nitrogens with two attached hydrogens (primary N) is 1. The zero-order chi connectivity index (χ0) is 14.9. The zero-order valence-electron chi connectivity index (χ0n) is 11.8. The highest BCUT2D eigenvalue weighted by atomic mass is 19.1. The molecule has 0 aliphatic heterocycles. The topological polar surface area (TPSA) is 95.6 Å². The SMILES string of the molecule is CN[C@H]1C[C@@H]2C[C@@](N)(C(=O)O)[C@@H](CCC[B]O)[C@@H]2[C@H]1F. The smallest absolute Gasteiger partial charge is 0.323 e. The lowest BCUT2D eigenvalue weighted by Crippen LogP contribution is -2.53. The lowest BCUT2D eigenvalue weighted by molar-refractivity contribution is -0.145. The van der Waals surface area contributed by atoms with Gasteiger partial charge in [0, 0.05) is 6.04 Å². The van der Waals surface area contributed by atoms with Crippen LogP contribution < -0.4 is 11.1 Å². The molecule has 0 aromatic rings. The maximum Gasteiger partial charge on any atom is 0.323 e. The van der Waals surface area contributed by atoms with E-state index in [-0.39, 0.29) is 23.8 Å². The number of carboxylic acids is 1. The van der Waals surface area contributed by atoms with Crippen molar-refractivity contribution in [2.75, 3.05) is 7.05 Å². The van der Waals surface area contributed by atoms with E-state index < -0.39 is 17.7 Å². The average Bonchev–Trinajstić information content (AvgIpc) is 2.85. The Balaban J connectivity index is 2.17. The van der Waals surface area contributed by atoms with Crippen LogP contribution in [0.2, 0.25) is 6.32 Å². The van der Waals surface area contributed by atoms with Gasteiger partial charge in [-0.1, -0.05) is 12.7 Å².